The van der Waals surface area contributed by atoms with Crippen molar-refractivity contribution in [3.05, 3.63) is 35.6 Å². The van der Waals surface area contributed by atoms with Crippen LogP contribution >= 0.6 is 0 Å². The molecule has 1 saturated carbocycles. The minimum absolute atomic E-state index is 0.304. The fourth-order valence-corrected chi connectivity index (χ4v) is 2.54. The Morgan fingerprint density at radius 1 is 0.842 bits per heavy atom. The van der Waals surface area contributed by atoms with E-state index < -0.39 is 12.6 Å². The van der Waals surface area contributed by atoms with Gasteiger partial charge >= 0.3 is 0 Å². The summed E-state index contributed by atoms with van der Waals surface area (Å²) in [7, 11) is 0. The molecule has 1 aromatic rings. The average molecular weight is 268 g/mol. The van der Waals surface area contributed by atoms with Crippen LogP contribution in [-0.2, 0) is 19.6 Å². The van der Waals surface area contributed by atoms with Gasteiger partial charge in [-0.2, -0.15) is 19.6 Å². The molecule has 4 nitrogen and oxygen atoms in total. The number of halogens is 1. The minimum atomic E-state index is -0.763. The van der Waals surface area contributed by atoms with Gasteiger partial charge in [0.05, 0.1) is 0 Å². The highest BCUT2D eigenvalue weighted by Gasteiger charge is 2.33. The zero-order chi connectivity index (χ0) is 13.1. The highest BCUT2D eigenvalue weighted by atomic mass is 19.1. The van der Waals surface area contributed by atoms with Gasteiger partial charge in [0.15, 0.2) is 0 Å². The average Bonchev–Trinajstić information content (AvgIpc) is 2.49. The smallest absolute Gasteiger partial charge is 0.207 e. The molecule has 0 N–H and O–H groups in total. The molecule has 104 valence electrons. The molecule has 0 amide bonds. The van der Waals surface area contributed by atoms with E-state index in [1.54, 1.807) is 12.1 Å². The van der Waals surface area contributed by atoms with Crippen LogP contribution < -0.4 is 0 Å². The first-order valence-corrected chi connectivity index (χ1v) is 6.72. The Hall–Kier alpha value is -1.01. The summed E-state index contributed by atoms with van der Waals surface area (Å²) in [4.78, 5) is 20.9. The third kappa shape index (κ3) is 3.12. The molecule has 1 aliphatic heterocycles. The Kier molecular flexibility index (Phi) is 4.08. The molecule has 1 heterocycles. The molecule has 0 unspecified atom stereocenters. The van der Waals surface area contributed by atoms with Crippen LogP contribution in [0.3, 0.4) is 0 Å². The molecule has 3 rings (SSSR count). The molecule has 1 aliphatic carbocycles. The SMILES string of the molecule is Fc1ccc(C2OOC(C3CCCCC3)OO2)cc1. The molecule has 0 spiro atoms. The van der Waals surface area contributed by atoms with Gasteiger partial charge in [0.2, 0.25) is 12.6 Å². The summed E-state index contributed by atoms with van der Waals surface area (Å²) in [5.74, 6) is 0.0180. The van der Waals surface area contributed by atoms with E-state index in [-0.39, 0.29) is 5.82 Å². The van der Waals surface area contributed by atoms with E-state index in [9.17, 15) is 4.39 Å². The van der Waals surface area contributed by atoms with Crippen molar-refractivity contribution in [1.29, 1.82) is 0 Å². The molecule has 0 bridgehead atoms. The lowest BCUT2D eigenvalue weighted by atomic mass is 9.89. The highest BCUT2D eigenvalue weighted by Crippen LogP contribution is 2.33. The fraction of sp³-hybridized carbons (Fsp3) is 0.571. The molecule has 5 heteroatoms. The number of hydrogen-bond acceptors (Lipinski definition) is 4. The van der Waals surface area contributed by atoms with Crippen molar-refractivity contribution in [3.63, 3.8) is 0 Å². The Morgan fingerprint density at radius 2 is 1.47 bits per heavy atom. The summed E-state index contributed by atoms with van der Waals surface area (Å²) in [6.07, 6.45) is 4.56. The number of hydrogen-bond donors (Lipinski definition) is 0. The number of rotatable bonds is 2. The zero-order valence-corrected chi connectivity index (χ0v) is 10.6. The molecule has 1 saturated heterocycles. The normalized spacial score (nSPS) is 29.3. The Balaban J connectivity index is 1.55. The van der Waals surface area contributed by atoms with Crippen LogP contribution in [0.5, 0.6) is 0 Å². The fourth-order valence-electron chi connectivity index (χ4n) is 2.54. The summed E-state index contributed by atoms with van der Waals surface area (Å²) in [6.45, 7) is 0. The summed E-state index contributed by atoms with van der Waals surface area (Å²) >= 11 is 0. The van der Waals surface area contributed by atoms with Crippen molar-refractivity contribution in [3.8, 4) is 0 Å². The molecule has 2 aliphatic rings. The standard InChI is InChI=1S/C14H17FO4/c15-12-8-6-11(7-9-12)14-18-16-13(17-19-14)10-4-2-1-3-5-10/h6-10,13-14H,1-5H2. The van der Waals surface area contributed by atoms with E-state index in [0.29, 0.717) is 11.5 Å². The Bertz CT molecular complexity index is 394. The maximum atomic E-state index is 12.8. The van der Waals surface area contributed by atoms with Crippen molar-refractivity contribution in [2.24, 2.45) is 5.92 Å². The molecule has 2 fully saturated rings. The van der Waals surface area contributed by atoms with Crippen LogP contribution in [-0.4, -0.2) is 6.29 Å². The van der Waals surface area contributed by atoms with E-state index in [1.807, 2.05) is 0 Å². The van der Waals surface area contributed by atoms with Gasteiger partial charge in [-0.15, -0.1) is 0 Å². The van der Waals surface area contributed by atoms with Gasteiger partial charge < -0.3 is 0 Å². The second-order valence-electron chi connectivity index (χ2n) is 5.03. The first kappa shape index (κ1) is 13.0. The third-order valence-corrected chi connectivity index (χ3v) is 3.65. The summed E-state index contributed by atoms with van der Waals surface area (Å²) in [5, 5.41) is 0. The van der Waals surface area contributed by atoms with Crippen molar-refractivity contribution in [1.82, 2.24) is 0 Å². The van der Waals surface area contributed by atoms with E-state index in [1.165, 1.54) is 31.4 Å². The Morgan fingerprint density at radius 3 is 2.11 bits per heavy atom. The van der Waals surface area contributed by atoms with Crippen LogP contribution in [0, 0.1) is 11.7 Å². The zero-order valence-electron chi connectivity index (χ0n) is 10.6. The molecule has 0 atom stereocenters. The maximum Gasteiger partial charge on any atom is 0.249 e. The first-order chi connectivity index (χ1) is 9.33. The molecule has 19 heavy (non-hydrogen) atoms. The quantitative estimate of drug-likeness (QED) is 0.767. The second kappa shape index (κ2) is 5.96. The third-order valence-electron chi connectivity index (χ3n) is 3.65. The van der Waals surface area contributed by atoms with Crippen LogP contribution in [0.2, 0.25) is 0 Å². The lowest BCUT2D eigenvalue weighted by Crippen LogP contribution is -2.34. The van der Waals surface area contributed by atoms with E-state index in [4.69, 9.17) is 19.6 Å². The van der Waals surface area contributed by atoms with Gasteiger partial charge in [0.1, 0.15) is 5.82 Å². The molecule has 0 aromatic heterocycles. The molecular formula is C14H17FO4. The van der Waals surface area contributed by atoms with Gasteiger partial charge in [0, 0.05) is 11.5 Å². The molecule has 0 radical (unpaired) electrons. The monoisotopic (exact) mass is 268 g/mol. The van der Waals surface area contributed by atoms with Gasteiger partial charge in [-0.3, -0.25) is 0 Å². The van der Waals surface area contributed by atoms with Crippen LogP contribution in [0.15, 0.2) is 24.3 Å². The topological polar surface area (TPSA) is 36.9 Å². The number of benzene rings is 1. The summed E-state index contributed by atoms with van der Waals surface area (Å²) in [6, 6.07) is 5.84. The van der Waals surface area contributed by atoms with Crippen molar-refractivity contribution >= 4 is 0 Å². The minimum Gasteiger partial charge on any atom is -0.207 e. The highest BCUT2D eigenvalue weighted by molar-refractivity contribution is 5.17. The Labute approximate surface area is 111 Å². The lowest BCUT2D eigenvalue weighted by molar-refractivity contribution is -0.602. The predicted molar refractivity (Wildman–Crippen MR) is 63.8 cm³/mol. The largest absolute Gasteiger partial charge is 0.249 e. The van der Waals surface area contributed by atoms with Crippen molar-refractivity contribution in [2.45, 2.75) is 44.7 Å². The molecule has 1 aromatic carbocycles. The van der Waals surface area contributed by atoms with Gasteiger partial charge in [-0.1, -0.05) is 31.4 Å². The van der Waals surface area contributed by atoms with Crippen LogP contribution in [0.4, 0.5) is 4.39 Å². The summed E-state index contributed by atoms with van der Waals surface area (Å²) in [5.41, 5.74) is 0.656. The van der Waals surface area contributed by atoms with Crippen LogP contribution in [0.25, 0.3) is 0 Å². The first-order valence-electron chi connectivity index (χ1n) is 6.72. The van der Waals surface area contributed by atoms with Crippen molar-refractivity contribution < 1.29 is 23.9 Å². The van der Waals surface area contributed by atoms with E-state index >= 15 is 0 Å². The summed E-state index contributed by atoms with van der Waals surface area (Å²) < 4.78 is 12.8. The van der Waals surface area contributed by atoms with Gasteiger partial charge in [0.25, 0.3) is 0 Å². The van der Waals surface area contributed by atoms with Crippen molar-refractivity contribution in [2.75, 3.05) is 0 Å². The van der Waals surface area contributed by atoms with Gasteiger partial charge in [-0.25, -0.2) is 4.39 Å². The lowest BCUT2D eigenvalue weighted by Gasteiger charge is -2.33. The maximum absolute atomic E-state index is 12.8. The van der Waals surface area contributed by atoms with Crippen LogP contribution in [0.1, 0.15) is 44.0 Å². The molecular weight excluding hydrogens is 251 g/mol. The second-order valence-corrected chi connectivity index (χ2v) is 5.03. The predicted octanol–water partition coefficient (Wildman–Crippen LogP) is 3.64. The van der Waals surface area contributed by atoms with E-state index in [0.717, 1.165) is 12.8 Å². The van der Waals surface area contributed by atoms with E-state index in [2.05, 4.69) is 0 Å². The van der Waals surface area contributed by atoms with Gasteiger partial charge in [-0.05, 0) is 25.0 Å².